The van der Waals surface area contributed by atoms with Crippen molar-refractivity contribution < 1.29 is 4.74 Å². The minimum atomic E-state index is 0.496. The Morgan fingerprint density at radius 2 is 2.18 bits per heavy atom. The molecular weight excluding hydrogens is 228 g/mol. The van der Waals surface area contributed by atoms with Gasteiger partial charge in [0, 0.05) is 5.25 Å². The summed E-state index contributed by atoms with van der Waals surface area (Å²) < 4.78 is 5.51. The van der Waals surface area contributed by atoms with Crippen LogP contribution in [0.15, 0.2) is 46.6 Å². The van der Waals surface area contributed by atoms with Gasteiger partial charge in [-0.2, -0.15) is 0 Å². The van der Waals surface area contributed by atoms with Gasteiger partial charge in [-0.25, -0.2) is 0 Å². The number of rotatable bonds is 5. The quantitative estimate of drug-likeness (QED) is 0.690. The largest absolute Gasteiger partial charge is 0.494 e. The van der Waals surface area contributed by atoms with Crippen LogP contribution in [-0.4, -0.2) is 11.9 Å². The maximum atomic E-state index is 5.51. The Morgan fingerprint density at radius 3 is 2.82 bits per heavy atom. The van der Waals surface area contributed by atoms with Crippen molar-refractivity contribution in [3.8, 4) is 0 Å². The highest BCUT2D eigenvalue weighted by molar-refractivity contribution is 8.02. The molecule has 0 aromatic rings. The average Bonchev–Trinajstić information content (AvgIpc) is 2.52. The van der Waals surface area contributed by atoms with E-state index in [1.807, 2.05) is 18.7 Å². The molecule has 0 aromatic heterocycles. The predicted octanol–water partition coefficient (Wildman–Crippen LogP) is 4.84. The number of allylic oxidation sites excluding steroid dienone is 5. The smallest absolute Gasteiger partial charge is 0.115 e. The second-order valence-corrected chi connectivity index (χ2v) is 5.50. The van der Waals surface area contributed by atoms with Crippen molar-refractivity contribution in [3.05, 3.63) is 46.6 Å². The Morgan fingerprint density at radius 1 is 1.41 bits per heavy atom. The van der Waals surface area contributed by atoms with Gasteiger partial charge in [-0.1, -0.05) is 17.7 Å². The molecule has 0 N–H and O–H groups in total. The molecule has 0 radical (unpaired) electrons. The van der Waals surface area contributed by atoms with Crippen molar-refractivity contribution >= 4 is 11.8 Å². The Balaban J connectivity index is 2.60. The Labute approximate surface area is 109 Å². The third kappa shape index (κ3) is 5.31. The summed E-state index contributed by atoms with van der Waals surface area (Å²) in [6, 6.07) is 0. The first-order chi connectivity index (χ1) is 8.13. The van der Waals surface area contributed by atoms with Gasteiger partial charge < -0.3 is 4.74 Å². The van der Waals surface area contributed by atoms with E-state index in [-0.39, 0.29) is 0 Å². The fourth-order valence-corrected chi connectivity index (χ4v) is 2.33. The molecule has 1 rings (SSSR count). The van der Waals surface area contributed by atoms with Crippen LogP contribution in [-0.2, 0) is 4.74 Å². The van der Waals surface area contributed by atoms with Crippen molar-refractivity contribution in [1.29, 1.82) is 0 Å². The van der Waals surface area contributed by atoms with Gasteiger partial charge >= 0.3 is 0 Å². The SMILES string of the molecule is CCOC1=CCC=C(C(C)SC=C(C)C)C=C1. The van der Waals surface area contributed by atoms with Gasteiger partial charge in [-0.15, -0.1) is 11.8 Å². The van der Waals surface area contributed by atoms with Crippen LogP contribution in [0.2, 0.25) is 0 Å². The highest BCUT2D eigenvalue weighted by Crippen LogP contribution is 2.25. The zero-order valence-electron chi connectivity index (χ0n) is 11.2. The highest BCUT2D eigenvalue weighted by Gasteiger charge is 2.07. The molecule has 1 aliphatic carbocycles. The molecule has 0 saturated heterocycles. The summed E-state index contributed by atoms with van der Waals surface area (Å²) in [5.74, 6) is 0.984. The second kappa shape index (κ2) is 7.44. The zero-order chi connectivity index (χ0) is 12.7. The van der Waals surface area contributed by atoms with E-state index in [2.05, 4.69) is 50.5 Å². The van der Waals surface area contributed by atoms with Crippen LogP contribution in [0.3, 0.4) is 0 Å². The van der Waals surface area contributed by atoms with Gasteiger partial charge in [-0.3, -0.25) is 0 Å². The third-order valence-electron chi connectivity index (χ3n) is 2.40. The van der Waals surface area contributed by atoms with Crippen molar-refractivity contribution in [2.24, 2.45) is 0 Å². The van der Waals surface area contributed by atoms with E-state index in [1.54, 1.807) is 0 Å². The van der Waals surface area contributed by atoms with E-state index in [1.165, 1.54) is 11.1 Å². The lowest BCUT2D eigenvalue weighted by Crippen LogP contribution is -1.97. The molecule has 0 aromatic carbocycles. The number of hydrogen-bond acceptors (Lipinski definition) is 2. The summed E-state index contributed by atoms with van der Waals surface area (Å²) in [7, 11) is 0. The lowest BCUT2D eigenvalue weighted by atomic mass is 10.1. The van der Waals surface area contributed by atoms with E-state index in [9.17, 15) is 0 Å². The highest BCUT2D eigenvalue weighted by atomic mass is 32.2. The van der Waals surface area contributed by atoms with Crippen LogP contribution in [0.1, 0.15) is 34.1 Å². The average molecular weight is 250 g/mol. The normalized spacial score (nSPS) is 16.7. The predicted molar refractivity (Wildman–Crippen MR) is 78.0 cm³/mol. The maximum absolute atomic E-state index is 5.51. The van der Waals surface area contributed by atoms with Crippen molar-refractivity contribution in [2.75, 3.05) is 6.61 Å². The van der Waals surface area contributed by atoms with Crippen LogP contribution in [0.25, 0.3) is 0 Å². The molecular formula is C15H22OS. The van der Waals surface area contributed by atoms with E-state index >= 15 is 0 Å². The number of thioether (sulfide) groups is 1. The molecule has 0 amide bonds. The van der Waals surface area contributed by atoms with Crippen LogP contribution < -0.4 is 0 Å². The van der Waals surface area contributed by atoms with Gasteiger partial charge in [0.2, 0.25) is 0 Å². The van der Waals surface area contributed by atoms with Crippen molar-refractivity contribution in [2.45, 2.75) is 39.4 Å². The fraction of sp³-hybridized carbons (Fsp3) is 0.467. The van der Waals surface area contributed by atoms with Crippen LogP contribution in [0.4, 0.5) is 0 Å². The fourth-order valence-electron chi connectivity index (χ4n) is 1.52. The minimum Gasteiger partial charge on any atom is -0.494 e. The summed E-state index contributed by atoms with van der Waals surface area (Å²) in [4.78, 5) is 0. The van der Waals surface area contributed by atoms with Gasteiger partial charge in [-0.05, 0) is 57.2 Å². The third-order valence-corrected chi connectivity index (χ3v) is 3.69. The molecule has 0 aliphatic heterocycles. The van der Waals surface area contributed by atoms with Gasteiger partial charge in [0.25, 0.3) is 0 Å². The second-order valence-electron chi connectivity index (χ2n) is 4.29. The lowest BCUT2D eigenvalue weighted by Gasteiger charge is -2.09. The topological polar surface area (TPSA) is 9.23 Å². The Hall–Kier alpha value is -0.890. The number of hydrogen-bond donors (Lipinski definition) is 0. The zero-order valence-corrected chi connectivity index (χ0v) is 12.0. The molecule has 2 heteroatoms. The standard InChI is InChI=1S/C15H22OS/c1-5-16-15-8-6-7-14(9-10-15)13(4)17-11-12(2)3/h7-11,13H,5-6H2,1-4H3. The molecule has 1 nitrogen and oxygen atoms in total. The van der Waals surface area contributed by atoms with E-state index in [0.717, 1.165) is 18.8 Å². The molecule has 94 valence electrons. The van der Waals surface area contributed by atoms with E-state index < -0.39 is 0 Å². The van der Waals surface area contributed by atoms with Crippen molar-refractivity contribution in [3.63, 3.8) is 0 Å². The number of ether oxygens (including phenoxy) is 1. The first kappa shape index (κ1) is 14.2. The summed E-state index contributed by atoms with van der Waals surface area (Å²) in [5.41, 5.74) is 2.73. The monoisotopic (exact) mass is 250 g/mol. The molecule has 0 spiro atoms. The molecule has 1 unspecified atom stereocenters. The molecule has 17 heavy (non-hydrogen) atoms. The van der Waals surface area contributed by atoms with Crippen LogP contribution in [0, 0.1) is 0 Å². The van der Waals surface area contributed by atoms with Gasteiger partial charge in [0.05, 0.1) is 6.61 Å². The van der Waals surface area contributed by atoms with E-state index in [0.29, 0.717) is 5.25 Å². The summed E-state index contributed by atoms with van der Waals surface area (Å²) >= 11 is 1.87. The van der Waals surface area contributed by atoms with Crippen molar-refractivity contribution in [1.82, 2.24) is 0 Å². The summed E-state index contributed by atoms with van der Waals surface area (Å²) in [6.07, 6.45) is 9.61. The molecule has 0 saturated carbocycles. The molecule has 1 atom stereocenters. The van der Waals surface area contributed by atoms with Gasteiger partial charge in [0.1, 0.15) is 5.76 Å². The molecule has 1 aliphatic rings. The molecule has 0 bridgehead atoms. The Bertz CT molecular complexity index is 357. The van der Waals surface area contributed by atoms with E-state index in [4.69, 9.17) is 4.74 Å². The molecule has 0 heterocycles. The van der Waals surface area contributed by atoms with Crippen LogP contribution in [0.5, 0.6) is 0 Å². The summed E-state index contributed by atoms with van der Waals surface area (Å²) in [5, 5.41) is 2.72. The van der Waals surface area contributed by atoms with Crippen LogP contribution >= 0.6 is 11.8 Å². The van der Waals surface area contributed by atoms with Gasteiger partial charge in [0.15, 0.2) is 0 Å². The first-order valence-electron chi connectivity index (χ1n) is 6.13. The maximum Gasteiger partial charge on any atom is 0.115 e. The Kier molecular flexibility index (Phi) is 6.20. The minimum absolute atomic E-state index is 0.496. The summed E-state index contributed by atoms with van der Waals surface area (Å²) in [6.45, 7) is 9.25. The lowest BCUT2D eigenvalue weighted by molar-refractivity contribution is 0.241. The molecule has 0 fully saturated rings. The first-order valence-corrected chi connectivity index (χ1v) is 7.07.